The van der Waals surface area contributed by atoms with Gasteiger partial charge in [-0.05, 0) is 34.1 Å². The Morgan fingerprint density at radius 3 is 2.93 bits per heavy atom. The minimum Gasteiger partial charge on any atom is -0.341 e. The molecule has 4 heteroatoms. The summed E-state index contributed by atoms with van der Waals surface area (Å²) in [6, 6.07) is 4.93. The van der Waals surface area contributed by atoms with Crippen molar-refractivity contribution in [3.8, 4) is 12.3 Å². The van der Waals surface area contributed by atoms with Gasteiger partial charge in [-0.15, -0.1) is 6.42 Å². The smallest absolute Gasteiger partial charge is 0.252 e. The predicted octanol–water partition coefficient (Wildman–Crippen LogP) is 2.47. The first kappa shape index (κ1) is 11.1. The maximum atomic E-state index is 11.4. The Morgan fingerprint density at radius 1 is 1.64 bits per heavy atom. The molecule has 14 heavy (non-hydrogen) atoms. The maximum Gasteiger partial charge on any atom is 0.252 e. The van der Waals surface area contributed by atoms with Gasteiger partial charge in [-0.1, -0.05) is 17.5 Å². The Morgan fingerprint density at radius 2 is 2.36 bits per heavy atom. The summed E-state index contributed by atoms with van der Waals surface area (Å²) in [5, 5.41) is 3.12. The fraction of sp³-hybridized carbons (Fsp3) is 0.100. The van der Waals surface area contributed by atoms with Crippen LogP contribution in [-0.4, -0.2) is 12.5 Å². The van der Waals surface area contributed by atoms with Crippen LogP contribution in [0, 0.1) is 12.3 Å². The molecular weight excluding hydrogens is 265 g/mol. The maximum absolute atomic E-state index is 11.4. The van der Waals surface area contributed by atoms with Gasteiger partial charge in [-0.25, -0.2) is 0 Å². The number of carbonyl (C=O) groups is 1. The Balaban J connectivity index is 2.82. The molecule has 1 aromatic rings. The van der Waals surface area contributed by atoms with Gasteiger partial charge in [0.1, 0.15) is 0 Å². The highest BCUT2D eigenvalue weighted by molar-refractivity contribution is 9.10. The van der Waals surface area contributed by atoms with E-state index in [1.807, 2.05) is 0 Å². The highest BCUT2D eigenvalue weighted by Crippen LogP contribution is 2.22. The molecule has 0 saturated heterocycles. The molecule has 1 aromatic carbocycles. The molecule has 0 aliphatic heterocycles. The summed E-state index contributed by atoms with van der Waals surface area (Å²) >= 11 is 9.01. The van der Waals surface area contributed by atoms with Crippen LogP contribution in [0.3, 0.4) is 0 Å². The fourth-order valence-electron chi connectivity index (χ4n) is 0.871. The zero-order chi connectivity index (χ0) is 10.6. The monoisotopic (exact) mass is 271 g/mol. The molecule has 0 radical (unpaired) electrons. The third kappa shape index (κ3) is 2.76. The van der Waals surface area contributed by atoms with E-state index in [2.05, 4.69) is 27.2 Å². The molecule has 0 aliphatic rings. The first-order chi connectivity index (χ1) is 6.65. The van der Waals surface area contributed by atoms with Gasteiger partial charge in [-0.2, -0.15) is 0 Å². The van der Waals surface area contributed by atoms with Gasteiger partial charge < -0.3 is 5.32 Å². The minimum absolute atomic E-state index is 0.208. The molecule has 0 saturated carbocycles. The molecule has 1 amide bonds. The van der Waals surface area contributed by atoms with E-state index >= 15 is 0 Å². The van der Waals surface area contributed by atoms with Crippen molar-refractivity contribution in [1.82, 2.24) is 5.32 Å². The van der Waals surface area contributed by atoms with Gasteiger partial charge >= 0.3 is 0 Å². The summed E-state index contributed by atoms with van der Waals surface area (Å²) in [6.45, 7) is 0.221. The Kier molecular flexibility index (Phi) is 3.99. The normalized spacial score (nSPS) is 9.21. The number of hydrogen-bond acceptors (Lipinski definition) is 1. The van der Waals surface area contributed by atoms with Crippen LogP contribution >= 0.6 is 27.5 Å². The third-order valence-electron chi connectivity index (χ3n) is 1.53. The standard InChI is InChI=1S/C10H7BrClNO/c1-2-5-13-10(14)7-3-4-9(12)8(11)6-7/h1,3-4,6H,5H2,(H,13,14). The van der Waals surface area contributed by atoms with Crippen molar-refractivity contribution < 1.29 is 4.79 Å². The summed E-state index contributed by atoms with van der Waals surface area (Å²) < 4.78 is 0.688. The second kappa shape index (κ2) is 5.04. The fourth-order valence-corrected chi connectivity index (χ4v) is 1.37. The molecule has 1 rings (SSSR count). The van der Waals surface area contributed by atoms with Gasteiger partial charge in [0, 0.05) is 10.0 Å². The lowest BCUT2D eigenvalue weighted by Gasteiger charge is -2.02. The Labute approximate surface area is 95.8 Å². The average molecular weight is 273 g/mol. The average Bonchev–Trinajstić information content (AvgIpc) is 2.18. The van der Waals surface area contributed by atoms with E-state index < -0.39 is 0 Å². The molecule has 1 N–H and O–H groups in total. The molecule has 0 spiro atoms. The lowest BCUT2D eigenvalue weighted by molar-refractivity contribution is 0.0958. The Bertz CT molecular complexity index is 398. The number of amides is 1. The van der Waals surface area contributed by atoms with Crippen molar-refractivity contribution in [2.45, 2.75) is 0 Å². The number of terminal acetylenes is 1. The van der Waals surface area contributed by atoms with Crippen molar-refractivity contribution in [1.29, 1.82) is 0 Å². The van der Waals surface area contributed by atoms with Crippen LogP contribution in [0.5, 0.6) is 0 Å². The molecule has 2 nitrogen and oxygen atoms in total. The van der Waals surface area contributed by atoms with Crippen LogP contribution in [0.1, 0.15) is 10.4 Å². The quantitative estimate of drug-likeness (QED) is 0.823. The Hall–Kier alpha value is -0.980. The van der Waals surface area contributed by atoms with Crippen molar-refractivity contribution in [2.75, 3.05) is 6.54 Å². The summed E-state index contributed by atoms with van der Waals surface area (Å²) in [4.78, 5) is 11.4. The summed E-state index contributed by atoms with van der Waals surface area (Å²) in [7, 11) is 0. The van der Waals surface area contributed by atoms with E-state index in [1.54, 1.807) is 18.2 Å². The van der Waals surface area contributed by atoms with E-state index in [-0.39, 0.29) is 12.5 Å². The second-order valence-corrected chi connectivity index (χ2v) is 3.78. The van der Waals surface area contributed by atoms with Gasteiger partial charge in [0.2, 0.25) is 0 Å². The van der Waals surface area contributed by atoms with Gasteiger partial charge in [0.05, 0.1) is 11.6 Å². The number of halogens is 2. The van der Waals surface area contributed by atoms with Crippen molar-refractivity contribution in [3.05, 3.63) is 33.3 Å². The molecule has 0 unspecified atom stereocenters. The van der Waals surface area contributed by atoms with Crippen LogP contribution in [0.25, 0.3) is 0 Å². The summed E-state index contributed by atoms with van der Waals surface area (Å²) in [5.41, 5.74) is 0.525. The topological polar surface area (TPSA) is 29.1 Å². The van der Waals surface area contributed by atoms with E-state index in [0.29, 0.717) is 15.1 Å². The molecule has 0 aromatic heterocycles. The summed E-state index contributed by atoms with van der Waals surface area (Å²) in [6.07, 6.45) is 5.01. The van der Waals surface area contributed by atoms with E-state index in [4.69, 9.17) is 18.0 Å². The number of carbonyl (C=O) groups excluding carboxylic acids is 1. The van der Waals surface area contributed by atoms with E-state index in [0.717, 1.165) is 0 Å². The van der Waals surface area contributed by atoms with Crippen LogP contribution in [0.4, 0.5) is 0 Å². The zero-order valence-corrected chi connectivity index (χ0v) is 9.52. The molecule has 0 fully saturated rings. The van der Waals surface area contributed by atoms with Crippen LogP contribution < -0.4 is 5.32 Å². The summed E-state index contributed by atoms with van der Waals surface area (Å²) in [5.74, 6) is 2.12. The molecule has 0 bridgehead atoms. The number of hydrogen-bond donors (Lipinski definition) is 1. The van der Waals surface area contributed by atoms with Crippen molar-refractivity contribution in [3.63, 3.8) is 0 Å². The third-order valence-corrected chi connectivity index (χ3v) is 2.75. The van der Waals surface area contributed by atoms with Gasteiger partial charge in [0.25, 0.3) is 5.91 Å². The lowest BCUT2D eigenvalue weighted by atomic mass is 10.2. The van der Waals surface area contributed by atoms with Crippen LogP contribution in [-0.2, 0) is 0 Å². The van der Waals surface area contributed by atoms with Crippen LogP contribution in [0.2, 0.25) is 5.02 Å². The molecule has 0 aliphatic carbocycles. The van der Waals surface area contributed by atoms with Crippen LogP contribution in [0.15, 0.2) is 22.7 Å². The van der Waals surface area contributed by atoms with Gasteiger partial charge in [0.15, 0.2) is 0 Å². The number of rotatable bonds is 2. The zero-order valence-electron chi connectivity index (χ0n) is 7.18. The number of benzene rings is 1. The van der Waals surface area contributed by atoms with Crippen molar-refractivity contribution in [2.24, 2.45) is 0 Å². The second-order valence-electron chi connectivity index (χ2n) is 2.52. The molecule has 72 valence electrons. The van der Waals surface area contributed by atoms with E-state index in [9.17, 15) is 4.79 Å². The number of nitrogens with one attached hydrogen (secondary N) is 1. The predicted molar refractivity (Wildman–Crippen MR) is 60.3 cm³/mol. The molecular formula is C10H7BrClNO. The highest BCUT2D eigenvalue weighted by Gasteiger charge is 2.06. The minimum atomic E-state index is -0.208. The lowest BCUT2D eigenvalue weighted by Crippen LogP contribution is -2.23. The largest absolute Gasteiger partial charge is 0.341 e. The van der Waals surface area contributed by atoms with E-state index in [1.165, 1.54) is 0 Å². The SMILES string of the molecule is C#CCNC(=O)c1ccc(Cl)c(Br)c1. The first-order valence-corrected chi connectivity index (χ1v) is 4.99. The molecule has 0 heterocycles. The molecule has 0 atom stereocenters. The highest BCUT2D eigenvalue weighted by atomic mass is 79.9. The first-order valence-electron chi connectivity index (χ1n) is 3.82. The van der Waals surface area contributed by atoms with Gasteiger partial charge in [-0.3, -0.25) is 4.79 Å². The van der Waals surface area contributed by atoms with Crippen molar-refractivity contribution >= 4 is 33.4 Å².